The Morgan fingerprint density at radius 3 is 2.65 bits per heavy atom. The molecule has 0 radical (unpaired) electrons. The van der Waals surface area contributed by atoms with E-state index in [0.717, 1.165) is 16.7 Å². The number of rotatable bonds is 3. The van der Waals surface area contributed by atoms with Crippen molar-refractivity contribution in [3.63, 3.8) is 0 Å². The summed E-state index contributed by atoms with van der Waals surface area (Å²) in [7, 11) is -2.51. The fourth-order valence-electron chi connectivity index (χ4n) is 1.98. The molecule has 0 fully saturated rings. The van der Waals surface area contributed by atoms with E-state index >= 15 is 0 Å². The average molecular weight is 287 g/mol. The molecule has 1 unspecified atom stereocenters. The van der Waals surface area contributed by atoms with Crippen LogP contribution < -0.4 is 0 Å². The molecule has 2 aromatic heterocycles. The molecule has 3 aromatic rings. The summed E-state index contributed by atoms with van der Waals surface area (Å²) in [5.74, 6) is 0.832. The molecule has 0 aliphatic carbocycles. The number of nitrogens with one attached hydrogen (secondary N) is 1. The van der Waals surface area contributed by atoms with Crippen molar-refractivity contribution >= 4 is 15.5 Å². The van der Waals surface area contributed by atoms with Crippen molar-refractivity contribution in [3.05, 3.63) is 48.5 Å². The highest BCUT2D eigenvalue weighted by Crippen LogP contribution is 2.19. The summed E-state index contributed by atoms with van der Waals surface area (Å²) in [6, 6.07) is 7.64. The quantitative estimate of drug-likeness (QED) is 0.798. The topological polar surface area (TPSA) is 84.0 Å². The molecular weight excluding hydrogens is 274 g/mol. The number of nitrogens with zero attached hydrogens (tertiary/aromatic N) is 4. The van der Waals surface area contributed by atoms with Crippen LogP contribution in [0.1, 0.15) is 5.56 Å². The molecule has 0 saturated heterocycles. The third-order valence-corrected chi connectivity index (χ3v) is 3.75. The first-order valence-electron chi connectivity index (χ1n) is 5.97. The molecule has 3 rings (SSSR count). The summed E-state index contributed by atoms with van der Waals surface area (Å²) >= 11 is 0. The normalized spacial score (nSPS) is 14.2. The van der Waals surface area contributed by atoms with Gasteiger partial charge in [0.2, 0.25) is 0 Å². The maximum atomic E-state index is 11.5. The summed E-state index contributed by atoms with van der Waals surface area (Å²) in [5.41, 5.74) is 2.81. The highest BCUT2D eigenvalue weighted by atomic mass is 32.2. The molecule has 0 bridgehead atoms. The zero-order chi connectivity index (χ0) is 14.2. The van der Waals surface area contributed by atoms with Crippen molar-refractivity contribution in [2.75, 3.05) is 6.26 Å². The number of aromatic nitrogens is 4. The number of fused-ring (bicyclic) bond motifs is 1. The Morgan fingerprint density at radius 1 is 1.20 bits per heavy atom. The van der Waals surface area contributed by atoms with Gasteiger partial charge < -0.3 is 0 Å². The Bertz CT molecular complexity index is 852. The molecule has 102 valence electrons. The second-order valence-electron chi connectivity index (χ2n) is 4.69. The predicted molar refractivity (Wildman–Crippen MR) is 76.7 cm³/mol. The van der Waals surface area contributed by atoms with Crippen LogP contribution in [0.4, 0.5) is 0 Å². The van der Waals surface area contributed by atoms with E-state index in [9.17, 15) is 4.21 Å². The standard InChI is InChI=1S/C13H13N5OS/c1-20(14,19)8-10-2-4-11(5-3-10)12-6-15-13-16-9-17-18(13)7-12/h2-7,9,14H,8H2,1H3. The summed E-state index contributed by atoms with van der Waals surface area (Å²) in [4.78, 5) is 8.21. The van der Waals surface area contributed by atoms with E-state index in [1.165, 1.54) is 12.6 Å². The SMILES string of the molecule is CS(=N)(=O)Cc1ccc(-c2cnc3ncnn3c2)cc1. The highest BCUT2D eigenvalue weighted by Gasteiger charge is 2.04. The van der Waals surface area contributed by atoms with Gasteiger partial charge in [-0.2, -0.15) is 10.1 Å². The minimum atomic E-state index is -2.51. The van der Waals surface area contributed by atoms with Gasteiger partial charge in [-0.25, -0.2) is 13.7 Å². The molecule has 7 heteroatoms. The lowest BCUT2D eigenvalue weighted by Crippen LogP contribution is -1.98. The van der Waals surface area contributed by atoms with Crippen LogP contribution in [-0.2, 0) is 15.5 Å². The van der Waals surface area contributed by atoms with Crippen molar-refractivity contribution in [1.29, 1.82) is 4.78 Å². The maximum absolute atomic E-state index is 11.5. The van der Waals surface area contributed by atoms with Gasteiger partial charge in [-0.05, 0) is 11.1 Å². The molecule has 6 nitrogen and oxygen atoms in total. The van der Waals surface area contributed by atoms with Crippen molar-refractivity contribution in [3.8, 4) is 11.1 Å². The fraction of sp³-hybridized carbons (Fsp3) is 0.154. The van der Waals surface area contributed by atoms with Crippen molar-refractivity contribution in [2.24, 2.45) is 0 Å². The second-order valence-corrected chi connectivity index (χ2v) is 6.99. The molecule has 20 heavy (non-hydrogen) atoms. The van der Waals surface area contributed by atoms with Gasteiger partial charge in [-0.15, -0.1) is 0 Å². The Kier molecular flexibility index (Phi) is 2.98. The highest BCUT2D eigenvalue weighted by molar-refractivity contribution is 7.90. The van der Waals surface area contributed by atoms with Gasteiger partial charge in [0.15, 0.2) is 0 Å². The lowest BCUT2D eigenvalue weighted by Gasteiger charge is -2.05. The zero-order valence-electron chi connectivity index (χ0n) is 10.9. The summed E-state index contributed by atoms with van der Waals surface area (Å²) in [6.07, 6.45) is 6.51. The Balaban J connectivity index is 1.94. The van der Waals surface area contributed by atoms with Gasteiger partial charge in [0, 0.05) is 33.9 Å². The van der Waals surface area contributed by atoms with E-state index in [0.29, 0.717) is 5.78 Å². The largest absolute Gasteiger partial charge is 0.253 e. The van der Waals surface area contributed by atoms with Gasteiger partial charge >= 0.3 is 0 Å². The summed E-state index contributed by atoms with van der Waals surface area (Å²) < 4.78 is 20.5. The molecule has 0 saturated carbocycles. The Hall–Kier alpha value is -2.28. The molecule has 0 aliphatic heterocycles. The second kappa shape index (κ2) is 4.68. The first-order chi connectivity index (χ1) is 9.51. The van der Waals surface area contributed by atoms with Crippen LogP contribution in [0.5, 0.6) is 0 Å². The summed E-state index contributed by atoms with van der Waals surface area (Å²) in [6.45, 7) is 0. The minimum Gasteiger partial charge on any atom is -0.253 e. The molecule has 1 aromatic carbocycles. The zero-order valence-corrected chi connectivity index (χ0v) is 11.7. The molecular formula is C13H13N5OS. The van der Waals surface area contributed by atoms with Crippen LogP contribution in [0.15, 0.2) is 43.0 Å². The van der Waals surface area contributed by atoms with Gasteiger partial charge in [-0.3, -0.25) is 4.78 Å². The van der Waals surface area contributed by atoms with Crippen molar-refractivity contribution in [1.82, 2.24) is 19.6 Å². The molecule has 2 heterocycles. The van der Waals surface area contributed by atoms with Crippen molar-refractivity contribution in [2.45, 2.75) is 5.75 Å². The lowest BCUT2D eigenvalue weighted by atomic mass is 10.1. The average Bonchev–Trinajstić information content (AvgIpc) is 2.85. The number of hydrogen-bond donors (Lipinski definition) is 1. The number of benzene rings is 1. The third-order valence-electron chi connectivity index (χ3n) is 2.86. The monoisotopic (exact) mass is 287 g/mol. The van der Waals surface area contributed by atoms with Crippen LogP contribution in [0.2, 0.25) is 0 Å². The van der Waals surface area contributed by atoms with E-state index < -0.39 is 9.73 Å². The van der Waals surface area contributed by atoms with E-state index in [1.54, 1.807) is 10.7 Å². The molecule has 0 amide bonds. The third kappa shape index (κ3) is 2.67. The molecule has 0 aliphatic rings. The van der Waals surface area contributed by atoms with Gasteiger partial charge in [-0.1, -0.05) is 24.3 Å². The maximum Gasteiger partial charge on any atom is 0.252 e. The predicted octanol–water partition coefficient (Wildman–Crippen LogP) is 1.97. The Labute approximate surface area is 116 Å². The van der Waals surface area contributed by atoms with E-state index in [-0.39, 0.29) is 5.75 Å². The van der Waals surface area contributed by atoms with Crippen molar-refractivity contribution < 1.29 is 4.21 Å². The molecule has 0 spiro atoms. The summed E-state index contributed by atoms with van der Waals surface area (Å²) in [5, 5.41) is 4.05. The Morgan fingerprint density at radius 2 is 1.95 bits per heavy atom. The fourth-order valence-corrected chi connectivity index (χ4v) is 2.81. The van der Waals surface area contributed by atoms with Crippen LogP contribution in [0, 0.1) is 4.78 Å². The van der Waals surface area contributed by atoms with Gasteiger partial charge in [0.1, 0.15) is 6.33 Å². The van der Waals surface area contributed by atoms with Gasteiger partial charge in [0.05, 0.1) is 5.75 Å². The van der Waals surface area contributed by atoms with Crippen LogP contribution >= 0.6 is 0 Å². The van der Waals surface area contributed by atoms with E-state index in [1.807, 2.05) is 30.5 Å². The van der Waals surface area contributed by atoms with Gasteiger partial charge in [0.25, 0.3) is 5.78 Å². The van der Waals surface area contributed by atoms with Crippen LogP contribution in [0.3, 0.4) is 0 Å². The number of hydrogen-bond acceptors (Lipinski definition) is 5. The van der Waals surface area contributed by atoms with E-state index in [2.05, 4.69) is 15.1 Å². The first kappa shape index (κ1) is 12.7. The lowest BCUT2D eigenvalue weighted by molar-refractivity contribution is 0.678. The smallest absolute Gasteiger partial charge is 0.252 e. The van der Waals surface area contributed by atoms with E-state index in [4.69, 9.17) is 4.78 Å². The van der Waals surface area contributed by atoms with Crippen LogP contribution in [-0.4, -0.2) is 30.0 Å². The minimum absolute atomic E-state index is 0.271. The first-order valence-corrected chi connectivity index (χ1v) is 8.11. The van der Waals surface area contributed by atoms with Crippen LogP contribution in [0.25, 0.3) is 16.9 Å². The molecule has 1 N–H and O–H groups in total. The molecule has 1 atom stereocenters.